The van der Waals surface area contributed by atoms with Crippen LogP contribution in [0.3, 0.4) is 0 Å². The van der Waals surface area contributed by atoms with E-state index in [1.807, 2.05) is 25.1 Å². The fourth-order valence-corrected chi connectivity index (χ4v) is 4.98. The Labute approximate surface area is 172 Å². The minimum Gasteiger partial charge on any atom is -0.395 e. The second-order valence-electron chi connectivity index (χ2n) is 7.01. The van der Waals surface area contributed by atoms with Gasteiger partial charge in [-0.15, -0.1) is 0 Å². The molecule has 154 valence electrons. The van der Waals surface area contributed by atoms with Crippen LogP contribution in [0.4, 0.5) is 0 Å². The molecule has 0 saturated heterocycles. The van der Waals surface area contributed by atoms with E-state index in [2.05, 4.69) is 22.4 Å². The van der Waals surface area contributed by atoms with Crippen LogP contribution < -0.4 is 5.32 Å². The molecule has 1 heterocycles. The van der Waals surface area contributed by atoms with Gasteiger partial charge in [0.25, 0.3) is 0 Å². The highest BCUT2D eigenvalue weighted by Gasteiger charge is 2.28. The molecule has 0 bridgehead atoms. The van der Waals surface area contributed by atoms with Gasteiger partial charge in [-0.25, -0.2) is 8.42 Å². The van der Waals surface area contributed by atoms with Crippen LogP contribution in [0.5, 0.6) is 0 Å². The average Bonchev–Trinajstić information content (AvgIpc) is 2.75. The molecule has 0 aliphatic rings. The maximum Gasteiger partial charge on any atom is 0.243 e. The first-order valence-corrected chi connectivity index (χ1v) is 11.2. The monoisotopic (exact) mass is 413 g/mol. The highest BCUT2D eigenvalue weighted by Crippen LogP contribution is 2.22. The molecule has 2 N–H and O–H groups in total. The lowest BCUT2D eigenvalue weighted by molar-refractivity contribution is 0.229. The SMILES string of the molecule is C[C@H](CNCCc1ccccc1)N(CCO)S(=O)(=O)c1ccc2cnccc2c1. The molecule has 0 fully saturated rings. The highest BCUT2D eigenvalue weighted by molar-refractivity contribution is 7.89. The Morgan fingerprint density at radius 1 is 1.10 bits per heavy atom. The van der Waals surface area contributed by atoms with Gasteiger partial charge in [-0.05, 0) is 49.0 Å². The summed E-state index contributed by atoms with van der Waals surface area (Å²) < 4.78 is 27.8. The Bertz CT molecular complexity index is 1030. The summed E-state index contributed by atoms with van der Waals surface area (Å²) in [5, 5.41) is 14.5. The van der Waals surface area contributed by atoms with E-state index in [9.17, 15) is 13.5 Å². The molecule has 7 heteroatoms. The molecule has 0 saturated carbocycles. The van der Waals surface area contributed by atoms with Crippen molar-refractivity contribution in [1.29, 1.82) is 0 Å². The summed E-state index contributed by atoms with van der Waals surface area (Å²) in [7, 11) is -3.73. The van der Waals surface area contributed by atoms with Crippen molar-refractivity contribution < 1.29 is 13.5 Å². The predicted molar refractivity (Wildman–Crippen MR) is 115 cm³/mol. The second kappa shape index (κ2) is 9.93. The summed E-state index contributed by atoms with van der Waals surface area (Å²) in [4.78, 5) is 4.28. The quantitative estimate of drug-likeness (QED) is 0.499. The Morgan fingerprint density at radius 3 is 2.66 bits per heavy atom. The van der Waals surface area contributed by atoms with Gasteiger partial charge in [0, 0.05) is 36.9 Å². The van der Waals surface area contributed by atoms with E-state index < -0.39 is 10.0 Å². The first-order valence-electron chi connectivity index (χ1n) is 9.73. The first-order chi connectivity index (χ1) is 14.0. The predicted octanol–water partition coefficient (Wildman–Crippen LogP) is 2.44. The summed E-state index contributed by atoms with van der Waals surface area (Å²) in [5.74, 6) is 0. The molecule has 29 heavy (non-hydrogen) atoms. The molecule has 1 atom stereocenters. The fourth-order valence-electron chi connectivity index (χ4n) is 3.32. The van der Waals surface area contributed by atoms with Gasteiger partial charge in [0.1, 0.15) is 0 Å². The second-order valence-corrected chi connectivity index (χ2v) is 8.90. The molecule has 0 aliphatic carbocycles. The summed E-state index contributed by atoms with van der Waals surface area (Å²) in [6, 6.07) is 16.7. The van der Waals surface area contributed by atoms with Gasteiger partial charge in [0.15, 0.2) is 0 Å². The molecule has 3 aromatic rings. The van der Waals surface area contributed by atoms with Gasteiger partial charge in [-0.2, -0.15) is 4.31 Å². The number of fused-ring (bicyclic) bond motifs is 1. The topological polar surface area (TPSA) is 82.5 Å². The van der Waals surface area contributed by atoms with Crippen LogP contribution in [0.2, 0.25) is 0 Å². The van der Waals surface area contributed by atoms with Crippen LogP contribution in [-0.4, -0.2) is 55.1 Å². The molecule has 3 rings (SSSR count). The van der Waals surface area contributed by atoms with Crippen LogP contribution in [0.25, 0.3) is 10.8 Å². The van der Waals surface area contributed by atoms with Gasteiger partial charge >= 0.3 is 0 Å². The molecule has 0 amide bonds. The van der Waals surface area contributed by atoms with Gasteiger partial charge in [0.05, 0.1) is 11.5 Å². The Kier molecular flexibility index (Phi) is 7.33. The van der Waals surface area contributed by atoms with Crippen molar-refractivity contribution in [2.24, 2.45) is 0 Å². The maximum atomic E-state index is 13.2. The Balaban J connectivity index is 1.69. The largest absolute Gasteiger partial charge is 0.395 e. The van der Waals surface area contributed by atoms with Crippen LogP contribution in [-0.2, 0) is 16.4 Å². The lowest BCUT2D eigenvalue weighted by Gasteiger charge is -2.28. The van der Waals surface area contributed by atoms with Crippen molar-refractivity contribution in [2.75, 3.05) is 26.2 Å². The van der Waals surface area contributed by atoms with Gasteiger partial charge < -0.3 is 10.4 Å². The van der Waals surface area contributed by atoms with Crippen molar-refractivity contribution in [3.63, 3.8) is 0 Å². The highest BCUT2D eigenvalue weighted by atomic mass is 32.2. The molecule has 0 spiro atoms. The number of sulfonamides is 1. The van der Waals surface area contributed by atoms with Crippen molar-refractivity contribution in [3.05, 3.63) is 72.6 Å². The number of nitrogens with one attached hydrogen (secondary N) is 1. The average molecular weight is 414 g/mol. The van der Waals surface area contributed by atoms with Crippen molar-refractivity contribution in [2.45, 2.75) is 24.3 Å². The number of hydrogen-bond donors (Lipinski definition) is 2. The molecular weight excluding hydrogens is 386 g/mol. The van der Waals surface area contributed by atoms with E-state index in [-0.39, 0.29) is 24.1 Å². The zero-order chi connectivity index (χ0) is 20.7. The fraction of sp³-hybridized carbons (Fsp3) is 0.318. The van der Waals surface area contributed by atoms with E-state index >= 15 is 0 Å². The summed E-state index contributed by atoms with van der Waals surface area (Å²) in [6.45, 7) is 2.94. The summed E-state index contributed by atoms with van der Waals surface area (Å²) in [6.07, 6.45) is 4.22. The third-order valence-electron chi connectivity index (χ3n) is 4.90. The minimum absolute atomic E-state index is 0.0538. The number of aliphatic hydroxyl groups is 1. The van der Waals surface area contributed by atoms with Crippen LogP contribution in [0.15, 0.2) is 71.9 Å². The molecule has 2 aromatic carbocycles. The lowest BCUT2D eigenvalue weighted by atomic mass is 10.1. The zero-order valence-electron chi connectivity index (χ0n) is 16.5. The zero-order valence-corrected chi connectivity index (χ0v) is 17.3. The molecule has 6 nitrogen and oxygen atoms in total. The number of aliphatic hydroxyl groups excluding tert-OH is 1. The standard InChI is InChI=1S/C22H27N3O3S/c1-18(16-23-11-9-19-5-3-2-4-6-19)25(13-14-26)29(27,28)22-8-7-21-17-24-12-10-20(21)15-22/h2-8,10,12,15,17-18,23,26H,9,11,13-14,16H2,1H3/t18-/m1/s1. The third kappa shape index (κ3) is 5.39. The van der Waals surface area contributed by atoms with E-state index in [0.29, 0.717) is 6.54 Å². The van der Waals surface area contributed by atoms with Crippen molar-refractivity contribution in [3.8, 4) is 0 Å². The van der Waals surface area contributed by atoms with Crippen LogP contribution in [0.1, 0.15) is 12.5 Å². The van der Waals surface area contributed by atoms with Gasteiger partial charge in [0.2, 0.25) is 10.0 Å². The Hall–Kier alpha value is -2.32. The number of hydrogen-bond acceptors (Lipinski definition) is 5. The third-order valence-corrected chi connectivity index (χ3v) is 6.91. The minimum atomic E-state index is -3.73. The Morgan fingerprint density at radius 2 is 1.90 bits per heavy atom. The molecule has 0 unspecified atom stereocenters. The van der Waals surface area contributed by atoms with E-state index in [1.165, 1.54) is 9.87 Å². The van der Waals surface area contributed by atoms with E-state index in [4.69, 9.17) is 0 Å². The number of rotatable bonds is 10. The first kappa shape index (κ1) is 21.4. The molecule has 0 aliphatic heterocycles. The van der Waals surface area contributed by atoms with Crippen LogP contribution >= 0.6 is 0 Å². The van der Waals surface area contributed by atoms with Crippen molar-refractivity contribution in [1.82, 2.24) is 14.6 Å². The normalized spacial score (nSPS) is 13.1. The molecule has 1 aromatic heterocycles. The smallest absolute Gasteiger partial charge is 0.243 e. The summed E-state index contributed by atoms with van der Waals surface area (Å²) >= 11 is 0. The lowest BCUT2D eigenvalue weighted by Crippen LogP contribution is -2.45. The summed E-state index contributed by atoms with van der Waals surface area (Å²) in [5.41, 5.74) is 1.23. The maximum absolute atomic E-state index is 13.2. The number of aromatic nitrogens is 1. The van der Waals surface area contributed by atoms with E-state index in [1.54, 1.807) is 36.7 Å². The van der Waals surface area contributed by atoms with Gasteiger partial charge in [-0.1, -0.05) is 36.4 Å². The van der Waals surface area contributed by atoms with Crippen LogP contribution in [0, 0.1) is 0 Å². The molecule has 0 radical (unpaired) electrons. The van der Waals surface area contributed by atoms with Crippen molar-refractivity contribution >= 4 is 20.8 Å². The van der Waals surface area contributed by atoms with E-state index in [0.717, 1.165) is 23.7 Å². The molecular formula is C22H27N3O3S. The number of benzene rings is 2. The van der Waals surface area contributed by atoms with Gasteiger partial charge in [-0.3, -0.25) is 4.98 Å². The number of nitrogens with zero attached hydrogens (tertiary/aromatic N) is 2. The number of pyridine rings is 1.